The molecule has 2 aromatic rings. The van der Waals surface area contributed by atoms with Gasteiger partial charge in [-0.2, -0.15) is 0 Å². The van der Waals surface area contributed by atoms with Crippen LogP contribution < -0.4 is 15.4 Å². The van der Waals surface area contributed by atoms with Crippen molar-refractivity contribution in [1.29, 1.82) is 0 Å². The number of phenols is 1. The van der Waals surface area contributed by atoms with Crippen LogP contribution in [0.2, 0.25) is 0 Å². The van der Waals surface area contributed by atoms with Crippen LogP contribution in [-0.4, -0.2) is 31.3 Å². The second-order valence-electron chi connectivity index (χ2n) is 5.46. The number of methoxy groups -OCH3 is 1. The fourth-order valence-corrected chi connectivity index (χ4v) is 2.33. The summed E-state index contributed by atoms with van der Waals surface area (Å²) in [4.78, 5) is 4.40. The summed E-state index contributed by atoms with van der Waals surface area (Å²) >= 11 is 0. The number of nitrogens with zero attached hydrogens (tertiary/aromatic N) is 1. The van der Waals surface area contributed by atoms with E-state index < -0.39 is 0 Å². The SMILES string of the molecule is CCNC(=NCc1ccccc1F)NCCc1ccc(OC)cc1O.I. The highest BCUT2D eigenvalue weighted by atomic mass is 127. The molecule has 0 unspecified atom stereocenters. The first-order valence-electron chi connectivity index (χ1n) is 8.25. The standard InChI is InChI=1S/C19H24FN3O2.HI/c1-3-21-19(23-13-15-6-4-5-7-17(15)20)22-11-10-14-8-9-16(25-2)12-18(14)24;/h4-9,12,24H,3,10-11,13H2,1-2H3,(H2,21,22,23);1H. The Labute approximate surface area is 170 Å². The highest BCUT2D eigenvalue weighted by Crippen LogP contribution is 2.23. The van der Waals surface area contributed by atoms with Crippen molar-refractivity contribution in [3.8, 4) is 11.5 Å². The third kappa shape index (κ3) is 6.70. The smallest absolute Gasteiger partial charge is 0.191 e. The number of halogens is 2. The number of aromatic hydroxyl groups is 1. The Hall–Kier alpha value is -2.03. The molecule has 0 amide bonds. The van der Waals surface area contributed by atoms with Gasteiger partial charge in [0.1, 0.15) is 17.3 Å². The maximum atomic E-state index is 13.7. The number of nitrogens with one attached hydrogen (secondary N) is 2. The number of benzene rings is 2. The van der Waals surface area contributed by atoms with Gasteiger partial charge in [-0.25, -0.2) is 9.38 Å². The lowest BCUT2D eigenvalue weighted by Crippen LogP contribution is -2.38. The highest BCUT2D eigenvalue weighted by molar-refractivity contribution is 14.0. The van der Waals surface area contributed by atoms with E-state index in [-0.39, 0.29) is 42.1 Å². The van der Waals surface area contributed by atoms with E-state index in [1.54, 1.807) is 31.4 Å². The van der Waals surface area contributed by atoms with Gasteiger partial charge in [-0.1, -0.05) is 24.3 Å². The van der Waals surface area contributed by atoms with Gasteiger partial charge < -0.3 is 20.5 Å². The minimum atomic E-state index is -0.259. The molecule has 0 saturated carbocycles. The van der Waals surface area contributed by atoms with Crippen molar-refractivity contribution in [1.82, 2.24) is 10.6 Å². The predicted molar refractivity (Wildman–Crippen MR) is 113 cm³/mol. The maximum absolute atomic E-state index is 13.7. The Bertz CT molecular complexity index is 726. The van der Waals surface area contributed by atoms with Crippen molar-refractivity contribution < 1.29 is 14.2 Å². The molecule has 0 aliphatic carbocycles. The molecule has 0 spiro atoms. The van der Waals surface area contributed by atoms with Crippen LogP contribution in [-0.2, 0) is 13.0 Å². The van der Waals surface area contributed by atoms with Crippen LogP contribution in [0.4, 0.5) is 4.39 Å². The lowest BCUT2D eigenvalue weighted by atomic mass is 10.1. The minimum Gasteiger partial charge on any atom is -0.508 e. The Morgan fingerprint density at radius 3 is 2.58 bits per heavy atom. The average Bonchev–Trinajstić information content (AvgIpc) is 2.62. The van der Waals surface area contributed by atoms with Gasteiger partial charge in [-0.05, 0) is 31.0 Å². The molecule has 0 radical (unpaired) electrons. The number of hydrogen-bond donors (Lipinski definition) is 3. The molecule has 7 heteroatoms. The summed E-state index contributed by atoms with van der Waals surface area (Å²) in [6.45, 7) is 3.52. The summed E-state index contributed by atoms with van der Waals surface area (Å²) in [7, 11) is 1.56. The fourth-order valence-electron chi connectivity index (χ4n) is 2.33. The molecule has 0 heterocycles. The topological polar surface area (TPSA) is 65.9 Å². The lowest BCUT2D eigenvalue weighted by molar-refractivity contribution is 0.406. The van der Waals surface area contributed by atoms with Crippen LogP contribution in [0.15, 0.2) is 47.5 Å². The molecule has 0 aliphatic heterocycles. The van der Waals surface area contributed by atoms with Gasteiger partial charge in [-0.3, -0.25) is 0 Å². The van der Waals surface area contributed by atoms with Crippen molar-refractivity contribution in [3.63, 3.8) is 0 Å². The Balaban J connectivity index is 0.00000338. The quantitative estimate of drug-likeness (QED) is 0.328. The van der Waals surface area contributed by atoms with Crippen LogP contribution in [0, 0.1) is 5.82 Å². The van der Waals surface area contributed by atoms with Gasteiger partial charge in [0.15, 0.2) is 5.96 Å². The zero-order chi connectivity index (χ0) is 18.1. The Morgan fingerprint density at radius 1 is 1.15 bits per heavy atom. The molecule has 2 rings (SSSR count). The summed E-state index contributed by atoms with van der Waals surface area (Å²) in [5, 5.41) is 16.3. The second-order valence-corrected chi connectivity index (χ2v) is 5.46. The first kappa shape index (κ1) is 22.0. The van der Waals surface area contributed by atoms with Crippen molar-refractivity contribution in [3.05, 3.63) is 59.4 Å². The van der Waals surface area contributed by atoms with Crippen LogP contribution in [0.3, 0.4) is 0 Å². The number of ether oxygens (including phenoxy) is 1. The van der Waals surface area contributed by atoms with Crippen LogP contribution in [0.1, 0.15) is 18.1 Å². The van der Waals surface area contributed by atoms with E-state index >= 15 is 0 Å². The highest BCUT2D eigenvalue weighted by Gasteiger charge is 2.05. The van der Waals surface area contributed by atoms with Gasteiger partial charge in [0.25, 0.3) is 0 Å². The molecule has 2 aromatic carbocycles. The Kier molecular flexibility index (Phi) is 9.79. The lowest BCUT2D eigenvalue weighted by Gasteiger charge is -2.12. The average molecular weight is 473 g/mol. The zero-order valence-corrected chi connectivity index (χ0v) is 17.3. The molecule has 0 atom stereocenters. The van der Waals surface area contributed by atoms with Crippen molar-refractivity contribution >= 4 is 29.9 Å². The molecule has 5 nitrogen and oxygen atoms in total. The van der Waals surface area contributed by atoms with Gasteiger partial charge >= 0.3 is 0 Å². The molecule has 142 valence electrons. The number of aliphatic imine (C=N–C) groups is 1. The molecule has 0 aromatic heterocycles. The van der Waals surface area contributed by atoms with Crippen molar-refractivity contribution in [2.75, 3.05) is 20.2 Å². The molecule has 0 bridgehead atoms. The number of rotatable bonds is 7. The monoisotopic (exact) mass is 473 g/mol. The molecular formula is C19H25FIN3O2. The van der Waals surface area contributed by atoms with E-state index in [0.717, 1.165) is 5.56 Å². The van der Waals surface area contributed by atoms with E-state index in [0.29, 0.717) is 36.8 Å². The van der Waals surface area contributed by atoms with Gasteiger partial charge in [-0.15, -0.1) is 24.0 Å². The first-order valence-corrected chi connectivity index (χ1v) is 8.25. The van der Waals surface area contributed by atoms with E-state index in [2.05, 4.69) is 15.6 Å². The van der Waals surface area contributed by atoms with E-state index in [1.165, 1.54) is 6.07 Å². The molecular weight excluding hydrogens is 448 g/mol. The first-order chi connectivity index (χ1) is 12.1. The molecule has 0 aliphatic rings. The largest absolute Gasteiger partial charge is 0.508 e. The number of phenolic OH excluding ortho intramolecular Hbond substituents is 1. The van der Waals surface area contributed by atoms with E-state index in [9.17, 15) is 9.50 Å². The van der Waals surface area contributed by atoms with Gasteiger partial charge in [0, 0.05) is 24.7 Å². The zero-order valence-electron chi connectivity index (χ0n) is 15.0. The van der Waals surface area contributed by atoms with Crippen molar-refractivity contribution in [2.24, 2.45) is 4.99 Å². The predicted octanol–water partition coefficient (Wildman–Crippen LogP) is 3.46. The van der Waals surface area contributed by atoms with E-state index in [1.807, 2.05) is 19.1 Å². The van der Waals surface area contributed by atoms with Gasteiger partial charge in [0.2, 0.25) is 0 Å². The van der Waals surface area contributed by atoms with Crippen LogP contribution >= 0.6 is 24.0 Å². The van der Waals surface area contributed by atoms with Gasteiger partial charge in [0.05, 0.1) is 13.7 Å². The third-order valence-corrected chi connectivity index (χ3v) is 3.69. The number of hydrogen-bond acceptors (Lipinski definition) is 3. The third-order valence-electron chi connectivity index (χ3n) is 3.69. The summed E-state index contributed by atoms with van der Waals surface area (Å²) in [5.41, 5.74) is 1.37. The second kappa shape index (κ2) is 11.6. The fraction of sp³-hybridized carbons (Fsp3) is 0.316. The maximum Gasteiger partial charge on any atom is 0.191 e. The Morgan fingerprint density at radius 2 is 1.92 bits per heavy atom. The molecule has 3 N–H and O–H groups in total. The van der Waals surface area contributed by atoms with Crippen LogP contribution in [0.5, 0.6) is 11.5 Å². The summed E-state index contributed by atoms with van der Waals surface area (Å²) in [6.07, 6.45) is 0.625. The summed E-state index contributed by atoms with van der Waals surface area (Å²) < 4.78 is 18.7. The van der Waals surface area contributed by atoms with Crippen molar-refractivity contribution in [2.45, 2.75) is 19.9 Å². The molecule has 0 fully saturated rings. The summed E-state index contributed by atoms with van der Waals surface area (Å²) in [5.74, 6) is 1.17. The van der Waals surface area contributed by atoms with E-state index in [4.69, 9.17) is 4.74 Å². The minimum absolute atomic E-state index is 0. The molecule has 0 saturated heterocycles. The number of guanidine groups is 1. The normalized spacial score (nSPS) is 10.8. The van der Waals surface area contributed by atoms with Crippen LogP contribution in [0.25, 0.3) is 0 Å². The summed E-state index contributed by atoms with van der Waals surface area (Å²) in [6, 6.07) is 11.8. The molecule has 26 heavy (non-hydrogen) atoms.